The summed E-state index contributed by atoms with van der Waals surface area (Å²) >= 11 is 0. The molecule has 1 aliphatic carbocycles. The van der Waals surface area contributed by atoms with E-state index in [1.807, 2.05) is 0 Å². The quantitative estimate of drug-likeness (QED) is 0.191. The van der Waals surface area contributed by atoms with E-state index in [0.29, 0.717) is 31.8 Å². The van der Waals surface area contributed by atoms with E-state index in [0.717, 1.165) is 32.2 Å². The highest BCUT2D eigenvalue weighted by molar-refractivity contribution is 7.86. The van der Waals surface area contributed by atoms with E-state index in [9.17, 15) is 31.5 Å². The Balaban J connectivity index is 0.000000572. The highest BCUT2D eigenvalue weighted by atomic mass is 32.2. The number of halogens is 3. The summed E-state index contributed by atoms with van der Waals surface area (Å²) in [6, 6.07) is -0.130. The molecule has 7 N–H and O–H groups in total. The molecule has 0 unspecified atom stereocenters. The van der Waals surface area contributed by atoms with Gasteiger partial charge in [0, 0.05) is 38.1 Å². The van der Waals surface area contributed by atoms with Crippen LogP contribution >= 0.6 is 0 Å². The lowest BCUT2D eigenvalue weighted by Crippen LogP contribution is -2.57. The minimum absolute atomic E-state index is 0.0357. The van der Waals surface area contributed by atoms with Crippen LogP contribution in [0, 0.1) is 11.8 Å². The summed E-state index contributed by atoms with van der Waals surface area (Å²) in [5.74, 6) is -4.19. The van der Waals surface area contributed by atoms with Crippen molar-refractivity contribution in [2.75, 3.05) is 32.7 Å². The number of carboxylic acid groups (broad SMARTS) is 2. The third-order valence-corrected chi connectivity index (χ3v) is 8.65. The Kier molecular flexibility index (Phi) is 10.6. The molecule has 0 aromatic carbocycles. The molecule has 0 bridgehead atoms. The van der Waals surface area contributed by atoms with Crippen LogP contribution < -0.4 is 11.1 Å². The van der Waals surface area contributed by atoms with Gasteiger partial charge in [0.2, 0.25) is 0 Å². The Morgan fingerprint density at radius 3 is 2.25 bits per heavy atom. The monoisotopic (exact) mass is 546 g/mol. The van der Waals surface area contributed by atoms with Gasteiger partial charge in [-0.05, 0) is 50.9 Å². The Labute approximate surface area is 207 Å². The first-order valence-electron chi connectivity index (χ1n) is 11.7. The van der Waals surface area contributed by atoms with Crippen LogP contribution in [0.5, 0.6) is 0 Å². The summed E-state index contributed by atoms with van der Waals surface area (Å²) in [6.45, 7) is 1.72. The summed E-state index contributed by atoms with van der Waals surface area (Å²) < 4.78 is 61.6. The van der Waals surface area contributed by atoms with Crippen molar-refractivity contribution < 1.29 is 51.4 Å². The lowest BCUT2D eigenvalue weighted by atomic mass is 9.78. The number of piperidine rings is 1. The largest absolute Gasteiger partial charge is 0.490 e. The molecule has 2 heterocycles. The third kappa shape index (κ3) is 8.26. The standard InChI is InChI=1S/C17H33BN4O6S.C2HF3O2/c19-17(16(23)24)12-21(11-14(17)3-1-7-18(25)26)29(27,28)22(10-13-5-6-13)15-4-2-8-20-9-15;3-2(4,5)1(6)7/h13-15,20,25-26H,1-12,19H2,(H,23,24);(H,6,7)/t14-,15+,17-;/m0./s1. The lowest BCUT2D eigenvalue weighted by molar-refractivity contribution is -0.192. The van der Waals surface area contributed by atoms with Gasteiger partial charge in [0.05, 0.1) is 0 Å². The first-order valence-corrected chi connectivity index (χ1v) is 13.1. The number of nitrogens with one attached hydrogen (secondary N) is 1. The van der Waals surface area contributed by atoms with Crippen molar-refractivity contribution in [2.45, 2.75) is 62.6 Å². The van der Waals surface area contributed by atoms with Gasteiger partial charge in [-0.3, -0.25) is 4.79 Å². The molecule has 208 valence electrons. The van der Waals surface area contributed by atoms with Gasteiger partial charge in [-0.2, -0.15) is 30.2 Å². The van der Waals surface area contributed by atoms with E-state index in [1.54, 1.807) is 4.31 Å². The minimum Gasteiger partial charge on any atom is -0.480 e. The van der Waals surface area contributed by atoms with E-state index in [-0.39, 0.29) is 25.5 Å². The highest BCUT2D eigenvalue weighted by Crippen LogP contribution is 2.36. The summed E-state index contributed by atoms with van der Waals surface area (Å²) in [5.41, 5.74) is 4.50. The number of alkyl halides is 3. The van der Waals surface area contributed by atoms with E-state index in [4.69, 9.17) is 25.7 Å². The molecule has 0 radical (unpaired) electrons. The fourth-order valence-corrected chi connectivity index (χ4v) is 6.42. The second kappa shape index (κ2) is 12.4. The Morgan fingerprint density at radius 1 is 1.19 bits per heavy atom. The maximum absolute atomic E-state index is 13.5. The number of aliphatic carboxylic acids is 2. The maximum atomic E-state index is 13.5. The number of hydrogen-bond acceptors (Lipinski definition) is 8. The van der Waals surface area contributed by atoms with Gasteiger partial charge in [-0.1, -0.05) is 6.42 Å². The molecule has 17 heteroatoms. The zero-order chi connectivity index (χ0) is 27.3. The van der Waals surface area contributed by atoms with Gasteiger partial charge < -0.3 is 31.3 Å². The number of rotatable bonds is 10. The summed E-state index contributed by atoms with van der Waals surface area (Å²) in [6.07, 6.45) is -0.565. The zero-order valence-electron chi connectivity index (χ0n) is 19.7. The highest BCUT2D eigenvalue weighted by Gasteiger charge is 2.54. The first kappa shape index (κ1) is 30.7. The van der Waals surface area contributed by atoms with Gasteiger partial charge in [0.1, 0.15) is 5.54 Å². The van der Waals surface area contributed by atoms with Crippen molar-refractivity contribution in [2.24, 2.45) is 17.6 Å². The molecule has 2 saturated heterocycles. The summed E-state index contributed by atoms with van der Waals surface area (Å²) in [5, 5.41) is 38.2. The SMILES string of the molecule is N[C@@]1(C(=O)O)CN(S(=O)(=O)N(CC2CC2)[C@@H]2CCCNC2)C[C@@H]1CCCB(O)O.O=C(O)C(F)(F)F. The summed E-state index contributed by atoms with van der Waals surface area (Å²) in [7, 11) is -5.32. The van der Waals surface area contributed by atoms with Gasteiger partial charge >= 0.3 is 25.2 Å². The number of carbonyl (C=O) groups is 2. The van der Waals surface area contributed by atoms with Crippen molar-refractivity contribution in [3.8, 4) is 0 Å². The molecule has 0 spiro atoms. The molecule has 3 atom stereocenters. The molecule has 3 rings (SSSR count). The third-order valence-electron chi connectivity index (χ3n) is 6.68. The fourth-order valence-electron chi connectivity index (χ4n) is 4.42. The van der Waals surface area contributed by atoms with Crippen molar-refractivity contribution in [3.05, 3.63) is 0 Å². The fraction of sp³-hybridized carbons (Fsp3) is 0.895. The van der Waals surface area contributed by atoms with Gasteiger partial charge in [0.15, 0.2) is 0 Å². The molecule has 0 aromatic heterocycles. The second-order valence-electron chi connectivity index (χ2n) is 9.57. The van der Waals surface area contributed by atoms with Crippen LogP contribution in [0.1, 0.15) is 38.5 Å². The molecule has 0 amide bonds. The topological polar surface area (TPSA) is 194 Å². The number of nitrogens with zero attached hydrogens (tertiary/aromatic N) is 2. The average molecular weight is 546 g/mol. The second-order valence-corrected chi connectivity index (χ2v) is 11.5. The molecule has 12 nitrogen and oxygen atoms in total. The van der Waals surface area contributed by atoms with Crippen LogP contribution in [-0.2, 0) is 19.8 Å². The van der Waals surface area contributed by atoms with Crippen LogP contribution in [0.15, 0.2) is 0 Å². The minimum atomic E-state index is -5.08. The van der Waals surface area contributed by atoms with E-state index >= 15 is 0 Å². The summed E-state index contributed by atoms with van der Waals surface area (Å²) in [4.78, 5) is 20.8. The van der Waals surface area contributed by atoms with Gasteiger partial charge in [0.25, 0.3) is 10.2 Å². The van der Waals surface area contributed by atoms with Crippen LogP contribution in [0.2, 0.25) is 6.32 Å². The Morgan fingerprint density at radius 2 is 1.81 bits per heavy atom. The average Bonchev–Trinajstić information content (AvgIpc) is 3.53. The molecule has 0 aromatic rings. The van der Waals surface area contributed by atoms with E-state index in [2.05, 4.69) is 5.32 Å². The van der Waals surface area contributed by atoms with Crippen LogP contribution in [0.25, 0.3) is 0 Å². The Bertz CT molecular complexity index is 871. The van der Waals surface area contributed by atoms with Gasteiger partial charge in [-0.15, -0.1) is 0 Å². The van der Waals surface area contributed by atoms with Crippen LogP contribution in [-0.4, -0.2) is 107 Å². The predicted octanol–water partition coefficient (Wildman–Crippen LogP) is -0.705. The van der Waals surface area contributed by atoms with Gasteiger partial charge in [-0.25, -0.2) is 4.79 Å². The molecule has 36 heavy (non-hydrogen) atoms. The zero-order valence-corrected chi connectivity index (χ0v) is 20.5. The van der Waals surface area contributed by atoms with E-state index in [1.165, 1.54) is 4.31 Å². The van der Waals surface area contributed by atoms with E-state index < -0.39 is 46.9 Å². The van der Waals surface area contributed by atoms with Crippen molar-refractivity contribution in [1.82, 2.24) is 13.9 Å². The maximum Gasteiger partial charge on any atom is 0.490 e. The first-order chi connectivity index (χ1) is 16.6. The number of nitrogens with two attached hydrogens (primary N) is 1. The number of hydrogen-bond donors (Lipinski definition) is 6. The van der Waals surface area contributed by atoms with Crippen molar-refractivity contribution in [1.29, 1.82) is 0 Å². The Hall–Kier alpha value is -1.50. The van der Waals surface area contributed by atoms with Crippen molar-refractivity contribution >= 4 is 29.3 Å². The number of carboxylic acids is 2. The van der Waals surface area contributed by atoms with Crippen LogP contribution in [0.3, 0.4) is 0 Å². The molecular formula is C19H34BF3N4O8S. The molecule has 3 aliphatic rings. The van der Waals surface area contributed by atoms with Crippen molar-refractivity contribution in [3.63, 3.8) is 0 Å². The predicted molar refractivity (Wildman–Crippen MR) is 122 cm³/mol. The molecular weight excluding hydrogens is 512 g/mol. The lowest BCUT2D eigenvalue weighted by Gasteiger charge is -2.36. The normalized spacial score (nSPS) is 27.4. The molecule has 2 aliphatic heterocycles. The molecule has 1 saturated carbocycles. The smallest absolute Gasteiger partial charge is 0.480 e. The molecule has 3 fully saturated rings. The van der Waals surface area contributed by atoms with Crippen LogP contribution in [0.4, 0.5) is 13.2 Å².